The van der Waals surface area contributed by atoms with Crippen molar-refractivity contribution in [2.45, 2.75) is 32.2 Å². The Morgan fingerprint density at radius 2 is 2.06 bits per heavy atom. The van der Waals surface area contributed by atoms with Gasteiger partial charge in [-0.05, 0) is 38.8 Å². The molecular weight excluding hydrogens is 228 g/mol. The molecule has 1 saturated heterocycles. The second kappa shape index (κ2) is 4.98. The molecule has 1 aliphatic heterocycles. The van der Waals surface area contributed by atoms with E-state index in [2.05, 4.69) is 12.2 Å². The summed E-state index contributed by atoms with van der Waals surface area (Å²) in [6, 6.07) is 5.51. The largest absolute Gasteiger partial charge is 0.398 e. The van der Waals surface area contributed by atoms with Gasteiger partial charge in [0.15, 0.2) is 0 Å². The highest BCUT2D eigenvalue weighted by atomic mass is 16.5. The van der Waals surface area contributed by atoms with Crippen LogP contribution < -0.4 is 11.1 Å². The maximum atomic E-state index is 12.3. The van der Waals surface area contributed by atoms with Crippen molar-refractivity contribution in [3.8, 4) is 0 Å². The predicted molar refractivity (Wildman–Crippen MR) is 71.5 cm³/mol. The smallest absolute Gasteiger partial charge is 0.253 e. The number of rotatable bonds is 2. The summed E-state index contributed by atoms with van der Waals surface area (Å²) in [4.78, 5) is 12.3. The van der Waals surface area contributed by atoms with E-state index >= 15 is 0 Å². The third-order valence-electron chi connectivity index (χ3n) is 3.47. The first-order chi connectivity index (χ1) is 8.50. The molecule has 0 unspecified atom stereocenters. The minimum atomic E-state index is -0.189. The van der Waals surface area contributed by atoms with E-state index in [1.165, 1.54) is 0 Å². The molecule has 0 radical (unpaired) electrons. The lowest BCUT2D eigenvalue weighted by atomic mass is 9.92. The summed E-state index contributed by atoms with van der Waals surface area (Å²) in [5, 5.41) is 3.08. The molecule has 1 aliphatic rings. The Balaban J connectivity index is 2.14. The van der Waals surface area contributed by atoms with Gasteiger partial charge in [0.1, 0.15) is 0 Å². The van der Waals surface area contributed by atoms with Crippen LogP contribution in [0.3, 0.4) is 0 Å². The van der Waals surface area contributed by atoms with Crippen molar-refractivity contribution in [3.63, 3.8) is 0 Å². The van der Waals surface area contributed by atoms with E-state index in [0.29, 0.717) is 24.5 Å². The van der Waals surface area contributed by atoms with Crippen molar-refractivity contribution in [2.24, 2.45) is 0 Å². The van der Waals surface area contributed by atoms with E-state index in [0.717, 1.165) is 18.4 Å². The lowest BCUT2D eigenvalue weighted by Crippen LogP contribution is -2.49. The molecule has 3 N–H and O–H groups in total. The van der Waals surface area contributed by atoms with E-state index < -0.39 is 0 Å². The van der Waals surface area contributed by atoms with Crippen molar-refractivity contribution in [3.05, 3.63) is 29.3 Å². The van der Waals surface area contributed by atoms with Crippen molar-refractivity contribution < 1.29 is 9.53 Å². The topological polar surface area (TPSA) is 64.4 Å². The number of nitrogen functional groups attached to an aromatic ring is 1. The highest BCUT2D eigenvalue weighted by molar-refractivity contribution is 5.99. The molecular formula is C14H20N2O2. The van der Waals surface area contributed by atoms with Crippen LogP contribution in [0.5, 0.6) is 0 Å². The number of nitrogens with one attached hydrogen (secondary N) is 1. The minimum absolute atomic E-state index is 0.0967. The molecule has 0 saturated carbocycles. The molecule has 1 fully saturated rings. The lowest BCUT2D eigenvalue weighted by Gasteiger charge is -2.34. The van der Waals surface area contributed by atoms with Crippen LogP contribution in [-0.4, -0.2) is 24.7 Å². The van der Waals surface area contributed by atoms with Gasteiger partial charge in [0.05, 0.1) is 5.56 Å². The monoisotopic (exact) mass is 248 g/mol. The molecule has 98 valence electrons. The zero-order valence-corrected chi connectivity index (χ0v) is 11.0. The normalized spacial score (nSPS) is 18.3. The van der Waals surface area contributed by atoms with Crippen LogP contribution in [0.2, 0.25) is 0 Å². The van der Waals surface area contributed by atoms with Crippen LogP contribution in [0.25, 0.3) is 0 Å². The van der Waals surface area contributed by atoms with E-state index in [1.807, 2.05) is 19.1 Å². The minimum Gasteiger partial charge on any atom is -0.398 e. The van der Waals surface area contributed by atoms with Gasteiger partial charge in [0.25, 0.3) is 5.91 Å². The summed E-state index contributed by atoms with van der Waals surface area (Å²) in [6.07, 6.45) is 1.68. The fourth-order valence-electron chi connectivity index (χ4n) is 2.16. The van der Waals surface area contributed by atoms with Gasteiger partial charge in [-0.15, -0.1) is 0 Å². The van der Waals surface area contributed by atoms with Crippen LogP contribution >= 0.6 is 0 Å². The first-order valence-electron chi connectivity index (χ1n) is 6.27. The number of anilines is 1. The molecule has 0 aromatic heterocycles. The molecule has 1 aromatic carbocycles. The maximum absolute atomic E-state index is 12.3. The Hall–Kier alpha value is -1.55. The third-order valence-corrected chi connectivity index (χ3v) is 3.47. The Kier molecular flexibility index (Phi) is 3.57. The number of carbonyl (C=O) groups excluding carboxylic acids is 1. The van der Waals surface area contributed by atoms with Crippen molar-refractivity contribution in [1.82, 2.24) is 5.32 Å². The van der Waals surface area contributed by atoms with Gasteiger partial charge in [-0.1, -0.05) is 11.6 Å². The molecule has 0 aliphatic carbocycles. The van der Waals surface area contributed by atoms with E-state index in [9.17, 15) is 4.79 Å². The maximum Gasteiger partial charge on any atom is 0.253 e. The number of nitrogens with two attached hydrogens (primary N) is 1. The van der Waals surface area contributed by atoms with Crippen LogP contribution in [0.1, 0.15) is 35.7 Å². The number of carbonyl (C=O) groups is 1. The summed E-state index contributed by atoms with van der Waals surface area (Å²) in [7, 11) is 0. The number of hydrogen-bond acceptors (Lipinski definition) is 3. The summed E-state index contributed by atoms with van der Waals surface area (Å²) in [5.41, 5.74) is 7.78. The molecule has 1 aromatic rings. The van der Waals surface area contributed by atoms with Gasteiger partial charge in [0, 0.05) is 24.4 Å². The van der Waals surface area contributed by atoms with E-state index in [-0.39, 0.29) is 11.4 Å². The number of ether oxygens (including phenoxy) is 1. The quantitative estimate of drug-likeness (QED) is 0.785. The zero-order chi connectivity index (χ0) is 13.2. The summed E-state index contributed by atoms with van der Waals surface area (Å²) in [5.74, 6) is -0.0967. The molecule has 18 heavy (non-hydrogen) atoms. The molecule has 4 heteroatoms. The molecule has 0 bridgehead atoms. The average Bonchev–Trinajstić information content (AvgIpc) is 2.32. The van der Waals surface area contributed by atoms with Crippen molar-refractivity contribution in [2.75, 3.05) is 18.9 Å². The number of benzene rings is 1. The Morgan fingerprint density at radius 1 is 1.39 bits per heavy atom. The van der Waals surface area contributed by atoms with Crippen LogP contribution in [0, 0.1) is 6.92 Å². The van der Waals surface area contributed by atoms with E-state index in [4.69, 9.17) is 10.5 Å². The molecule has 4 nitrogen and oxygen atoms in total. The highest BCUT2D eigenvalue weighted by Gasteiger charge is 2.29. The number of aryl methyl sites for hydroxylation is 1. The van der Waals surface area contributed by atoms with Gasteiger partial charge < -0.3 is 15.8 Å². The molecule has 0 atom stereocenters. The standard InChI is InChI=1S/C14H20N2O2/c1-10-3-4-12(15)11(9-10)13(17)16-14(2)5-7-18-8-6-14/h3-4,9H,5-8,15H2,1-2H3,(H,16,17). The van der Waals surface area contributed by atoms with Gasteiger partial charge in [-0.3, -0.25) is 4.79 Å². The zero-order valence-electron chi connectivity index (χ0n) is 11.0. The van der Waals surface area contributed by atoms with Gasteiger partial charge in [0.2, 0.25) is 0 Å². The molecule has 1 heterocycles. The number of hydrogen-bond donors (Lipinski definition) is 2. The second-order valence-corrected chi connectivity index (χ2v) is 5.22. The summed E-state index contributed by atoms with van der Waals surface area (Å²) < 4.78 is 5.32. The highest BCUT2D eigenvalue weighted by Crippen LogP contribution is 2.21. The summed E-state index contributed by atoms with van der Waals surface area (Å²) in [6.45, 7) is 5.39. The van der Waals surface area contributed by atoms with Crippen molar-refractivity contribution >= 4 is 11.6 Å². The Labute approximate surface area is 108 Å². The molecule has 2 rings (SSSR count). The molecule has 0 spiro atoms. The van der Waals surface area contributed by atoms with Gasteiger partial charge >= 0.3 is 0 Å². The fourth-order valence-corrected chi connectivity index (χ4v) is 2.16. The third kappa shape index (κ3) is 2.82. The van der Waals surface area contributed by atoms with Gasteiger partial charge in [-0.2, -0.15) is 0 Å². The van der Waals surface area contributed by atoms with Gasteiger partial charge in [-0.25, -0.2) is 0 Å². The SMILES string of the molecule is Cc1ccc(N)c(C(=O)NC2(C)CCOCC2)c1. The summed E-state index contributed by atoms with van der Waals surface area (Å²) >= 11 is 0. The Morgan fingerprint density at radius 3 is 2.72 bits per heavy atom. The predicted octanol–water partition coefficient (Wildman–Crippen LogP) is 1.88. The second-order valence-electron chi connectivity index (χ2n) is 5.22. The molecule has 1 amide bonds. The van der Waals surface area contributed by atoms with Crippen LogP contribution in [-0.2, 0) is 4.74 Å². The first-order valence-corrected chi connectivity index (χ1v) is 6.27. The van der Waals surface area contributed by atoms with Crippen LogP contribution in [0.4, 0.5) is 5.69 Å². The lowest BCUT2D eigenvalue weighted by molar-refractivity contribution is 0.0423. The van der Waals surface area contributed by atoms with E-state index in [1.54, 1.807) is 6.07 Å². The Bertz CT molecular complexity index is 451. The fraction of sp³-hybridized carbons (Fsp3) is 0.500. The first kappa shape index (κ1) is 12.9. The number of amides is 1. The van der Waals surface area contributed by atoms with Crippen molar-refractivity contribution in [1.29, 1.82) is 0 Å². The van der Waals surface area contributed by atoms with Crippen LogP contribution in [0.15, 0.2) is 18.2 Å². The average molecular weight is 248 g/mol.